The van der Waals surface area contributed by atoms with Crippen molar-refractivity contribution in [2.24, 2.45) is 7.05 Å². The van der Waals surface area contributed by atoms with E-state index in [9.17, 15) is 0 Å². The number of ether oxygens (including phenoxy) is 1. The summed E-state index contributed by atoms with van der Waals surface area (Å²) in [5.74, 6) is 1.02. The topological polar surface area (TPSA) is 52.0 Å². The molecule has 0 amide bonds. The van der Waals surface area contributed by atoms with Crippen molar-refractivity contribution in [1.82, 2.24) is 20.1 Å². The molecule has 1 saturated carbocycles. The maximum atomic E-state index is 5.93. The first-order chi connectivity index (χ1) is 9.22. The standard InChI is InChI=1S/C14H26N4O/c1-4-9-15-12(10-13-16-11-17-18(13)2)14(19-3)7-5-6-8-14/h11-12,15H,4-10H2,1-3H3. The van der Waals surface area contributed by atoms with E-state index >= 15 is 0 Å². The Morgan fingerprint density at radius 3 is 2.74 bits per heavy atom. The molecule has 2 rings (SSSR count). The molecule has 1 atom stereocenters. The molecule has 5 nitrogen and oxygen atoms in total. The van der Waals surface area contributed by atoms with Gasteiger partial charge in [-0.25, -0.2) is 4.98 Å². The molecule has 1 aliphatic carbocycles. The fourth-order valence-electron chi connectivity index (χ4n) is 3.12. The van der Waals surface area contributed by atoms with E-state index < -0.39 is 0 Å². The average molecular weight is 266 g/mol. The number of hydrogen-bond donors (Lipinski definition) is 1. The summed E-state index contributed by atoms with van der Waals surface area (Å²) in [7, 11) is 3.80. The summed E-state index contributed by atoms with van der Waals surface area (Å²) in [5, 5.41) is 7.82. The minimum absolute atomic E-state index is 0.0267. The summed E-state index contributed by atoms with van der Waals surface area (Å²) in [6, 6.07) is 0.322. The monoisotopic (exact) mass is 266 g/mol. The third-order valence-corrected chi connectivity index (χ3v) is 4.32. The number of aryl methyl sites for hydroxylation is 1. The minimum Gasteiger partial charge on any atom is -0.377 e. The van der Waals surface area contributed by atoms with Crippen molar-refractivity contribution in [3.63, 3.8) is 0 Å². The van der Waals surface area contributed by atoms with Crippen LogP contribution in [0.4, 0.5) is 0 Å². The fraction of sp³-hybridized carbons (Fsp3) is 0.857. The van der Waals surface area contributed by atoms with E-state index in [2.05, 4.69) is 22.3 Å². The highest BCUT2D eigenvalue weighted by Crippen LogP contribution is 2.36. The van der Waals surface area contributed by atoms with Crippen molar-refractivity contribution < 1.29 is 4.74 Å². The lowest BCUT2D eigenvalue weighted by atomic mass is 9.89. The molecule has 1 aromatic rings. The molecule has 1 aromatic heterocycles. The van der Waals surface area contributed by atoms with Crippen molar-refractivity contribution in [2.75, 3.05) is 13.7 Å². The van der Waals surface area contributed by atoms with E-state index in [0.29, 0.717) is 6.04 Å². The molecule has 5 heteroatoms. The van der Waals surface area contributed by atoms with Crippen LogP contribution in [0.1, 0.15) is 44.9 Å². The van der Waals surface area contributed by atoms with Crippen LogP contribution in [-0.2, 0) is 18.2 Å². The lowest BCUT2D eigenvalue weighted by Crippen LogP contribution is -2.52. The van der Waals surface area contributed by atoms with Crippen LogP contribution in [0.15, 0.2) is 6.33 Å². The summed E-state index contributed by atoms with van der Waals surface area (Å²) in [6.07, 6.45) is 8.44. The van der Waals surface area contributed by atoms with Crippen LogP contribution in [0.5, 0.6) is 0 Å². The van der Waals surface area contributed by atoms with Gasteiger partial charge >= 0.3 is 0 Å². The lowest BCUT2D eigenvalue weighted by Gasteiger charge is -2.37. The molecule has 0 saturated heterocycles. The first-order valence-corrected chi connectivity index (χ1v) is 7.33. The Bertz CT molecular complexity index is 385. The molecule has 1 fully saturated rings. The highest BCUT2D eigenvalue weighted by Gasteiger charge is 2.41. The maximum Gasteiger partial charge on any atom is 0.138 e. The van der Waals surface area contributed by atoms with E-state index in [1.165, 1.54) is 12.8 Å². The Hall–Kier alpha value is -0.940. The van der Waals surface area contributed by atoms with Crippen LogP contribution in [0.2, 0.25) is 0 Å². The molecule has 0 bridgehead atoms. The molecule has 0 aromatic carbocycles. The number of rotatable bonds is 7. The second-order valence-electron chi connectivity index (χ2n) is 5.49. The molecule has 1 N–H and O–H groups in total. The molecule has 0 spiro atoms. The molecule has 1 aliphatic rings. The SMILES string of the molecule is CCCNC(Cc1ncnn1C)C1(OC)CCCC1. The predicted octanol–water partition coefficient (Wildman–Crippen LogP) is 1.68. The minimum atomic E-state index is -0.0267. The summed E-state index contributed by atoms with van der Waals surface area (Å²) in [4.78, 5) is 4.36. The summed E-state index contributed by atoms with van der Waals surface area (Å²) in [5.41, 5.74) is -0.0267. The zero-order valence-corrected chi connectivity index (χ0v) is 12.4. The average Bonchev–Trinajstić information content (AvgIpc) is 3.04. The van der Waals surface area contributed by atoms with Gasteiger partial charge in [-0.1, -0.05) is 19.8 Å². The Morgan fingerprint density at radius 2 is 2.21 bits per heavy atom. The zero-order valence-electron chi connectivity index (χ0n) is 12.4. The Kier molecular flexibility index (Phi) is 4.93. The fourth-order valence-corrected chi connectivity index (χ4v) is 3.12. The van der Waals surface area contributed by atoms with E-state index in [1.54, 1.807) is 6.33 Å². The van der Waals surface area contributed by atoms with Gasteiger partial charge in [-0.3, -0.25) is 4.68 Å². The summed E-state index contributed by atoms with van der Waals surface area (Å²) in [6.45, 7) is 3.22. The molecule has 19 heavy (non-hydrogen) atoms. The van der Waals surface area contributed by atoms with Crippen molar-refractivity contribution in [3.8, 4) is 0 Å². The quantitative estimate of drug-likeness (QED) is 0.816. The van der Waals surface area contributed by atoms with Crippen LogP contribution < -0.4 is 5.32 Å². The third-order valence-electron chi connectivity index (χ3n) is 4.32. The van der Waals surface area contributed by atoms with E-state index in [0.717, 1.165) is 38.1 Å². The van der Waals surface area contributed by atoms with Gasteiger partial charge in [0.1, 0.15) is 12.2 Å². The predicted molar refractivity (Wildman–Crippen MR) is 75.0 cm³/mol. The largest absolute Gasteiger partial charge is 0.377 e. The zero-order chi connectivity index (χ0) is 13.7. The second kappa shape index (κ2) is 6.48. The van der Waals surface area contributed by atoms with Crippen LogP contribution in [0.25, 0.3) is 0 Å². The van der Waals surface area contributed by atoms with Crippen LogP contribution in [-0.4, -0.2) is 40.1 Å². The summed E-state index contributed by atoms with van der Waals surface area (Å²) >= 11 is 0. The van der Waals surface area contributed by atoms with Gasteiger partial charge in [-0.2, -0.15) is 5.10 Å². The van der Waals surface area contributed by atoms with Gasteiger partial charge in [0.25, 0.3) is 0 Å². The van der Waals surface area contributed by atoms with Crippen LogP contribution in [0, 0.1) is 0 Å². The Labute approximate surface area is 115 Å². The Morgan fingerprint density at radius 1 is 1.47 bits per heavy atom. The maximum absolute atomic E-state index is 5.93. The van der Waals surface area contributed by atoms with Crippen LogP contribution >= 0.6 is 0 Å². The number of methoxy groups -OCH3 is 1. The van der Waals surface area contributed by atoms with Gasteiger partial charge in [0.2, 0.25) is 0 Å². The van der Waals surface area contributed by atoms with Gasteiger partial charge in [0.05, 0.1) is 5.60 Å². The first kappa shape index (κ1) is 14.5. The van der Waals surface area contributed by atoms with Crippen LogP contribution in [0.3, 0.4) is 0 Å². The molecular formula is C14H26N4O. The number of nitrogens with zero attached hydrogens (tertiary/aromatic N) is 3. The van der Waals surface area contributed by atoms with Gasteiger partial charge < -0.3 is 10.1 Å². The number of nitrogens with one attached hydrogen (secondary N) is 1. The summed E-state index contributed by atoms with van der Waals surface area (Å²) < 4.78 is 7.79. The third kappa shape index (κ3) is 3.15. The Balaban J connectivity index is 2.12. The molecule has 1 unspecified atom stereocenters. The smallest absolute Gasteiger partial charge is 0.138 e. The highest BCUT2D eigenvalue weighted by atomic mass is 16.5. The highest BCUT2D eigenvalue weighted by molar-refractivity contribution is 5.02. The van der Waals surface area contributed by atoms with Gasteiger partial charge in [0, 0.05) is 26.6 Å². The molecular weight excluding hydrogens is 240 g/mol. The van der Waals surface area contributed by atoms with E-state index in [1.807, 2.05) is 18.8 Å². The lowest BCUT2D eigenvalue weighted by molar-refractivity contribution is -0.0361. The van der Waals surface area contributed by atoms with Crippen molar-refractivity contribution in [1.29, 1.82) is 0 Å². The second-order valence-corrected chi connectivity index (χ2v) is 5.49. The normalized spacial score (nSPS) is 19.7. The van der Waals surface area contributed by atoms with Crippen molar-refractivity contribution in [2.45, 2.75) is 57.1 Å². The van der Waals surface area contributed by atoms with E-state index in [-0.39, 0.29) is 5.60 Å². The molecule has 108 valence electrons. The van der Waals surface area contributed by atoms with E-state index in [4.69, 9.17) is 4.74 Å². The first-order valence-electron chi connectivity index (χ1n) is 7.33. The number of aromatic nitrogens is 3. The molecule has 0 radical (unpaired) electrons. The van der Waals surface area contributed by atoms with Crippen molar-refractivity contribution in [3.05, 3.63) is 12.2 Å². The van der Waals surface area contributed by atoms with Crippen molar-refractivity contribution >= 4 is 0 Å². The van der Waals surface area contributed by atoms with Gasteiger partial charge in [-0.05, 0) is 25.8 Å². The molecule has 1 heterocycles. The van der Waals surface area contributed by atoms with Gasteiger partial charge in [-0.15, -0.1) is 0 Å². The molecule has 0 aliphatic heterocycles. The van der Waals surface area contributed by atoms with Gasteiger partial charge in [0.15, 0.2) is 0 Å². The number of hydrogen-bond acceptors (Lipinski definition) is 4.